The smallest absolute Gasteiger partial charge is 0.235 e. The van der Waals surface area contributed by atoms with Crippen LogP contribution in [0.3, 0.4) is 0 Å². The highest BCUT2D eigenvalue weighted by molar-refractivity contribution is 7.92. The van der Waals surface area contributed by atoms with Gasteiger partial charge in [-0.25, -0.2) is 8.42 Å². The largest absolute Gasteiger partial charge is 0.350 e. The Kier molecular flexibility index (Phi) is 4.84. The van der Waals surface area contributed by atoms with Crippen molar-refractivity contribution in [3.05, 3.63) is 35.9 Å². The SMILES string of the molecule is O=C(CS(=O)(=O)CCCc1ccccc1)NC12CC3CC(CC(C3)C1)C2. The number of carbonyl (C=O) groups excluding carboxylic acids is 1. The summed E-state index contributed by atoms with van der Waals surface area (Å²) in [6, 6.07) is 9.89. The van der Waals surface area contributed by atoms with Gasteiger partial charge in [-0.05, 0) is 74.7 Å². The second-order valence-electron chi connectivity index (χ2n) is 8.93. The van der Waals surface area contributed by atoms with Crippen molar-refractivity contribution < 1.29 is 13.2 Å². The number of nitrogens with one attached hydrogen (secondary N) is 1. The Morgan fingerprint density at radius 3 is 2.15 bits per heavy atom. The van der Waals surface area contributed by atoms with E-state index in [0.29, 0.717) is 6.42 Å². The Labute approximate surface area is 156 Å². The van der Waals surface area contributed by atoms with E-state index in [4.69, 9.17) is 0 Å². The van der Waals surface area contributed by atoms with Crippen LogP contribution < -0.4 is 5.32 Å². The fraction of sp³-hybridized carbons (Fsp3) is 0.667. The van der Waals surface area contributed by atoms with Crippen molar-refractivity contribution in [2.45, 2.75) is 56.9 Å². The van der Waals surface area contributed by atoms with Gasteiger partial charge in [0.05, 0.1) is 5.75 Å². The van der Waals surface area contributed by atoms with Gasteiger partial charge in [0.1, 0.15) is 5.75 Å². The van der Waals surface area contributed by atoms with E-state index in [2.05, 4.69) is 5.32 Å². The molecule has 0 spiro atoms. The van der Waals surface area contributed by atoms with Gasteiger partial charge in [0.15, 0.2) is 9.84 Å². The molecule has 0 aromatic heterocycles. The second-order valence-corrected chi connectivity index (χ2v) is 11.1. The predicted molar refractivity (Wildman–Crippen MR) is 102 cm³/mol. The van der Waals surface area contributed by atoms with Crippen LogP contribution in [0.4, 0.5) is 0 Å². The number of carbonyl (C=O) groups is 1. The van der Waals surface area contributed by atoms with Gasteiger partial charge in [0, 0.05) is 5.54 Å². The summed E-state index contributed by atoms with van der Waals surface area (Å²) in [5.41, 5.74) is 1.03. The number of rotatable bonds is 7. The molecule has 4 aliphatic carbocycles. The topological polar surface area (TPSA) is 63.2 Å². The summed E-state index contributed by atoms with van der Waals surface area (Å²) in [4.78, 5) is 12.5. The number of aryl methyl sites for hydroxylation is 1. The Hall–Kier alpha value is -1.36. The number of amides is 1. The normalized spacial score (nSPS) is 32.5. The first-order valence-electron chi connectivity index (χ1n) is 9.97. The van der Waals surface area contributed by atoms with E-state index in [1.54, 1.807) is 0 Å². The molecule has 0 unspecified atom stereocenters. The van der Waals surface area contributed by atoms with Crippen LogP contribution in [0.2, 0.25) is 0 Å². The lowest BCUT2D eigenvalue weighted by Crippen LogP contribution is -2.60. The van der Waals surface area contributed by atoms with Crippen LogP contribution in [-0.2, 0) is 21.1 Å². The lowest BCUT2D eigenvalue weighted by molar-refractivity contribution is -0.124. The molecule has 0 saturated heterocycles. The average Bonchev–Trinajstić information content (AvgIpc) is 2.53. The van der Waals surface area contributed by atoms with Gasteiger partial charge in [-0.15, -0.1) is 0 Å². The van der Waals surface area contributed by atoms with Crippen LogP contribution in [0, 0.1) is 17.8 Å². The van der Waals surface area contributed by atoms with Crippen LogP contribution in [0.15, 0.2) is 30.3 Å². The number of benzene rings is 1. The van der Waals surface area contributed by atoms with Crippen molar-refractivity contribution in [1.29, 1.82) is 0 Å². The molecular formula is C21H29NO3S. The third kappa shape index (κ3) is 4.13. The highest BCUT2D eigenvalue weighted by Crippen LogP contribution is 2.55. The van der Waals surface area contributed by atoms with Crippen LogP contribution in [-0.4, -0.2) is 31.4 Å². The molecule has 5 heteroatoms. The van der Waals surface area contributed by atoms with Gasteiger partial charge in [0.25, 0.3) is 0 Å². The molecule has 1 amide bonds. The van der Waals surface area contributed by atoms with E-state index in [1.807, 2.05) is 30.3 Å². The third-order valence-electron chi connectivity index (χ3n) is 6.56. The van der Waals surface area contributed by atoms with Crippen molar-refractivity contribution in [2.75, 3.05) is 11.5 Å². The molecule has 26 heavy (non-hydrogen) atoms. The van der Waals surface area contributed by atoms with Crippen LogP contribution in [0.5, 0.6) is 0 Å². The number of hydrogen-bond donors (Lipinski definition) is 1. The molecule has 0 radical (unpaired) electrons. The summed E-state index contributed by atoms with van der Waals surface area (Å²) in [6.07, 6.45) is 8.40. The molecular weight excluding hydrogens is 346 g/mol. The zero-order chi connectivity index (χ0) is 18.2. The monoisotopic (exact) mass is 375 g/mol. The molecule has 1 N–H and O–H groups in total. The fourth-order valence-electron chi connectivity index (χ4n) is 6.01. The molecule has 1 aromatic carbocycles. The number of hydrogen-bond acceptors (Lipinski definition) is 3. The molecule has 4 nitrogen and oxygen atoms in total. The van der Waals surface area contributed by atoms with E-state index < -0.39 is 9.84 Å². The van der Waals surface area contributed by atoms with E-state index in [0.717, 1.165) is 49.0 Å². The minimum absolute atomic E-state index is 0.0796. The lowest BCUT2D eigenvalue weighted by atomic mass is 9.53. The van der Waals surface area contributed by atoms with Gasteiger partial charge in [-0.2, -0.15) is 0 Å². The van der Waals surface area contributed by atoms with Gasteiger partial charge >= 0.3 is 0 Å². The molecule has 0 heterocycles. The minimum Gasteiger partial charge on any atom is -0.350 e. The molecule has 5 rings (SSSR count). The zero-order valence-electron chi connectivity index (χ0n) is 15.3. The quantitative estimate of drug-likeness (QED) is 0.796. The first-order chi connectivity index (χ1) is 12.4. The molecule has 0 atom stereocenters. The molecule has 4 aliphatic rings. The van der Waals surface area contributed by atoms with E-state index in [-0.39, 0.29) is 23.0 Å². The predicted octanol–water partition coefficient (Wildman–Crippen LogP) is 3.12. The Morgan fingerprint density at radius 1 is 1.00 bits per heavy atom. The maximum atomic E-state index is 12.5. The summed E-state index contributed by atoms with van der Waals surface area (Å²) < 4.78 is 24.7. The summed E-state index contributed by atoms with van der Waals surface area (Å²) in [7, 11) is -3.35. The molecule has 1 aromatic rings. The van der Waals surface area contributed by atoms with Gasteiger partial charge in [0.2, 0.25) is 5.91 Å². The van der Waals surface area contributed by atoms with Crippen molar-refractivity contribution in [1.82, 2.24) is 5.32 Å². The van der Waals surface area contributed by atoms with Crippen molar-refractivity contribution in [2.24, 2.45) is 17.8 Å². The van der Waals surface area contributed by atoms with E-state index in [9.17, 15) is 13.2 Å². The Morgan fingerprint density at radius 2 is 1.58 bits per heavy atom. The minimum atomic E-state index is -3.35. The van der Waals surface area contributed by atoms with Gasteiger partial charge in [-0.3, -0.25) is 4.79 Å². The fourth-order valence-corrected chi connectivity index (χ4v) is 7.21. The molecule has 4 bridgehead atoms. The summed E-state index contributed by atoms with van der Waals surface area (Å²) >= 11 is 0. The Balaban J connectivity index is 1.28. The second kappa shape index (κ2) is 6.99. The first-order valence-corrected chi connectivity index (χ1v) is 11.8. The summed E-state index contributed by atoms with van der Waals surface area (Å²) in [5, 5.41) is 3.17. The molecule has 4 saturated carbocycles. The highest BCUT2D eigenvalue weighted by atomic mass is 32.2. The maximum absolute atomic E-state index is 12.5. The van der Waals surface area contributed by atoms with Gasteiger partial charge in [-0.1, -0.05) is 30.3 Å². The van der Waals surface area contributed by atoms with Crippen molar-refractivity contribution >= 4 is 15.7 Å². The molecule has 142 valence electrons. The van der Waals surface area contributed by atoms with Crippen LogP contribution in [0.1, 0.15) is 50.5 Å². The maximum Gasteiger partial charge on any atom is 0.235 e. The molecule has 4 fully saturated rings. The average molecular weight is 376 g/mol. The van der Waals surface area contributed by atoms with Gasteiger partial charge < -0.3 is 5.32 Å². The first kappa shape index (κ1) is 18.0. The Bertz CT molecular complexity index is 721. The highest BCUT2D eigenvalue weighted by Gasteiger charge is 2.51. The van der Waals surface area contributed by atoms with Crippen LogP contribution >= 0.6 is 0 Å². The van der Waals surface area contributed by atoms with Crippen molar-refractivity contribution in [3.8, 4) is 0 Å². The lowest BCUT2D eigenvalue weighted by Gasteiger charge is -2.56. The summed E-state index contributed by atoms with van der Waals surface area (Å²) in [6.45, 7) is 0. The van der Waals surface area contributed by atoms with Crippen molar-refractivity contribution in [3.63, 3.8) is 0 Å². The van der Waals surface area contributed by atoms with Crippen LogP contribution in [0.25, 0.3) is 0 Å². The number of sulfone groups is 1. The zero-order valence-corrected chi connectivity index (χ0v) is 16.1. The third-order valence-corrected chi connectivity index (χ3v) is 8.17. The summed E-state index contributed by atoms with van der Waals surface area (Å²) in [5.74, 6) is 1.66. The van der Waals surface area contributed by atoms with E-state index >= 15 is 0 Å². The molecule has 0 aliphatic heterocycles. The van der Waals surface area contributed by atoms with E-state index in [1.165, 1.54) is 19.3 Å². The standard InChI is InChI=1S/C21H29NO3S/c23-20(15-26(24,25)8-4-7-16-5-2-1-3-6-16)22-21-12-17-9-18(13-21)11-19(10-17)14-21/h1-3,5-6,17-19H,4,7-15H2,(H,22,23).